The van der Waals surface area contributed by atoms with Gasteiger partial charge < -0.3 is 15.5 Å². The Morgan fingerprint density at radius 3 is 2.50 bits per heavy atom. The molecule has 1 saturated carbocycles. The molecule has 0 spiro atoms. The highest BCUT2D eigenvalue weighted by atomic mass is 16.2. The lowest BCUT2D eigenvalue weighted by Crippen LogP contribution is -2.58. The average molecular weight is 384 g/mol. The number of hydrogen-bond donors (Lipinski definition) is 1. The first-order valence-electron chi connectivity index (χ1n) is 10.8. The van der Waals surface area contributed by atoms with Crippen molar-refractivity contribution in [1.29, 1.82) is 0 Å². The maximum atomic E-state index is 13.6. The van der Waals surface area contributed by atoms with Crippen LogP contribution in [0, 0.1) is 11.3 Å². The summed E-state index contributed by atoms with van der Waals surface area (Å²) in [6.07, 6.45) is 6.13. The number of likely N-dealkylation sites (tertiary alicyclic amines) is 2. The standard InChI is InChI=1S/C23H33N3O2/c1-23(2)15-25(13-12-20(23)24)22(28)19-14-17-10-6-7-11-18(17)26(19)21(27)16-8-4-3-5-9-16/h3-5,8-9,17-20H,6-7,10-15,24H2,1-2H3. The molecule has 4 atom stereocenters. The van der Waals surface area contributed by atoms with Gasteiger partial charge in [0, 0.05) is 30.7 Å². The van der Waals surface area contributed by atoms with Crippen LogP contribution in [-0.2, 0) is 4.79 Å². The van der Waals surface area contributed by atoms with Crippen molar-refractivity contribution in [2.75, 3.05) is 13.1 Å². The highest BCUT2D eigenvalue weighted by Gasteiger charge is 2.49. The van der Waals surface area contributed by atoms with Crippen LogP contribution in [0.15, 0.2) is 30.3 Å². The van der Waals surface area contributed by atoms with E-state index in [0.717, 1.165) is 32.1 Å². The summed E-state index contributed by atoms with van der Waals surface area (Å²) in [5.41, 5.74) is 6.87. The molecule has 2 aliphatic heterocycles. The summed E-state index contributed by atoms with van der Waals surface area (Å²) in [6.45, 7) is 5.64. The minimum atomic E-state index is -0.328. The summed E-state index contributed by atoms with van der Waals surface area (Å²) in [5.74, 6) is 0.593. The van der Waals surface area contributed by atoms with Crippen LogP contribution in [0.5, 0.6) is 0 Å². The van der Waals surface area contributed by atoms with Gasteiger partial charge in [-0.25, -0.2) is 0 Å². The molecule has 1 aromatic rings. The minimum Gasteiger partial charge on any atom is -0.340 e. The van der Waals surface area contributed by atoms with Crippen LogP contribution in [0.1, 0.15) is 62.7 Å². The third-order valence-electron chi connectivity index (χ3n) is 7.25. The normalized spacial score (nSPS) is 32.1. The van der Waals surface area contributed by atoms with Gasteiger partial charge in [0.1, 0.15) is 6.04 Å². The maximum Gasteiger partial charge on any atom is 0.254 e. The van der Waals surface area contributed by atoms with E-state index >= 15 is 0 Å². The third-order valence-corrected chi connectivity index (χ3v) is 7.25. The number of carbonyl (C=O) groups excluding carboxylic acids is 2. The van der Waals surface area contributed by atoms with Crippen molar-refractivity contribution >= 4 is 11.8 Å². The summed E-state index contributed by atoms with van der Waals surface area (Å²) >= 11 is 0. The molecule has 152 valence electrons. The smallest absolute Gasteiger partial charge is 0.254 e. The predicted octanol–water partition coefficient (Wildman–Crippen LogP) is 3.05. The van der Waals surface area contributed by atoms with E-state index in [0.29, 0.717) is 24.6 Å². The first-order chi connectivity index (χ1) is 13.4. The van der Waals surface area contributed by atoms with E-state index in [-0.39, 0.29) is 35.4 Å². The molecule has 0 radical (unpaired) electrons. The molecular weight excluding hydrogens is 350 g/mol. The first-order valence-corrected chi connectivity index (χ1v) is 10.8. The van der Waals surface area contributed by atoms with Crippen molar-refractivity contribution in [3.63, 3.8) is 0 Å². The molecule has 4 rings (SSSR count). The monoisotopic (exact) mass is 383 g/mol. The molecule has 1 aliphatic carbocycles. The van der Waals surface area contributed by atoms with Crippen molar-refractivity contribution in [3.8, 4) is 0 Å². The number of benzene rings is 1. The van der Waals surface area contributed by atoms with Gasteiger partial charge in [-0.2, -0.15) is 0 Å². The molecule has 5 heteroatoms. The Bertz CT molecular complexity index is 733. The number of carbonyl (C=O) groups is 2. The van der Waals surface area contributed by atoms with E-state index in [1.165, 1.54) is 6.42 Å². The summed E-state index contributed by atoms with van der Waals surface area (Å²) < 4.78 is 0. The van der Waals surface area contributed by atoms with Gasteiger partial charge in [-0.3, -0.25) is 9.59 Å². The molecule has 0 aromatic heterocycles. The van der Waals surface area contributed by atoms with Crippen LogP contribution < -0.4 is 5.73 Å². The second-order valence-electron chi connectivity index (χ2n) is 9.59. The zero-order valence-electron chi connectivity index (χ0n) is 17.1. The third kappa shape index (κ3) is 3.45. The number of amides is 2. The molecule has 2 amide bonds. The highest BCUT2D eigenvalue weighted by molar-refractivity contribution is 5.98. The van der Waals surface area contributed by atoms with Crippen LogP contribution in [0.2, 0.25) is 0 Å². The molecule has 2 saturated heterocycles. The van der Waals surface area contributed by atoms with Crippen molar-refractivity contribution in [3.05, 3.63) is 35.9 Å². The Balaban J connectivity index is 1.60. The number of nitrogens with two attached hydrogens (primary N) is 1. The molecule has 2 heterocycles. The van der Waals surface area contributed by atoms with Gasteiger partial charge in [-0.15, -0.1) is 0 Å². The fourth-order valence-corrected chi connectivity index (χ4v) is 5.48. The predicted molar refractivity (Wildman–Crippen MR) is 110 cm³/mol. The Kier molecular flexibility index (Phi) is 5.21. The van der Waals surface area contributed by atoms with E-state index in [9.17, 15) is 9.59 Å². The van der Waals surface area contributed by atoms with Gasteiger partial charge in [0.25, 0.3) is 5.91 Å². The van der Waals surface area contributed by atoms with Gasteiger partial charge in [0.15, 0.2) is 0 Å². The minimum absolute atomic E-state index is 0.0151. The summed E-state index contributed by atoms with van der Waals surface area (Å²) in [4.78, 5) is 30.9. The second-order valence-corrected chi connectivity index (χ2v) is 9.59. The molecule has 2 N–H and O–H groups in total. The van der Waals surface area contributed by atoms with Gasteiger partial charge >= 0.3 is 0 Å². The van der Waals surface area contributed by atoms with Gasteiger partial charge in [0.2, 0.25) is 5.91 Å². The van der Waals surface area contributed by atoms with Crippen molar-refractivity contribution in [2.24, 2.45) is 17.1 Å². The largest absolute Gasteiger partial charge is 0.340 e. The van der Waals surface area contributed by atoms with E-state index in [1.807, 2.05) is 40.1 Å². The molecule has 1 aromatic carbocycles. The summed E-state index contributed by atoms with van der Waals surface area (Å²) in [7, 11) is 0. The molecule has 0 bridgehead atoms. The molecule has 3 fully saturated rings. The van der Waals surface area contributed by atoms with Gasteiger partial charge in [-0.1, -0.05) is 44.9 Å². The molecule has 4 unspecified atom stereocenters. The fraction of sp³-hybridized carbons (Fsp3) is 0.652. The summed E-state index contributed by atoms with van der Waals surface area (Å²) in [6, 6.07) is 9.43. The lowest BCUT2D eigenvalue weighted by molar-refractivity contribution is -0.139. The molecule has 28 heavy (non-hydrogen) atoms. The van der Waals surface area contributed by atoms with Crippen LogP contribution >= 0.6 is 0 Å². The lowest BCUT2D eigenvalue weighted by atomic mass is 9.79. The van der Waals surface area contributed by atoms with Gasteiger partial charge in [0.05, 0.1) is 0 Å². The zero-order chi connectivity index (χ0) is 19.9. The highest BCUT2D eigenvalue weighted by Crippen LogP contribution is 2.41. The second kappa shape index (κ2) is 7.51. The fourth-order valence-electron chi connectivity index (χ4n) is 5.48. The quantitative estimate of drug-likeness (QED) is 0.854. The Hall–Kier alpha value is -1.88. The number of hydrogen-bond acceptors (Lipinski definition) is 3. The average Bonchev–Trinajstić information content (AvgIpc) is 3.09. The van der Waals surface area contributed by atoms with Crippen LogP contribution in [0.4, 0.5) is 0 Å². The van der Waals surface area contributed by atoms with Crippen LogP contribution in [0.3, 0.4) is 0 Å². The van der Waals surface area contributed by atoms with Gasteiger partial charge in [-0.05, 0) is 49.1 Å². The lowest BCUT2D eigenvalue weighted by Gasteiger charge is -2.44. The van der Waals surface area contributed by atoms with E-state index < -0.39 is 0 Å². The van der Waals surface area contributed by atoms with Crippen molar-refractivity contribution in [1.82, 2.24) is 9.80 Å². The molecule has 3 aliphatic rings. The molecular formula is C23H33N3O2. The van der Waals surface area contributed by atoms with E-state index in [2.05, 4.69) is 13.8 Å². The van der Waals surface area contributed by atoms with E-state index in [1.54, 1.807) is 0 Å². The Labute approximate surface area is 168 Å². The van der Waals surface area contributed by atoms with Crippen LogP contribution in [-0.4, -0.2) is 52.8 Å². The topological polar surface area (TPSA) is 66.6 Å². The number of nitrogens with zero attached hydrogens (tertiary/aromatic N) is 2. The van der Waals surface area contributed by atoms with Crippen LogP contribution in [0.25, 0.3) is 0 Å². The Morgan fingerprint density at radius 1 is 1.07 bits per heavy atom. The zero-order valence-corrected chi connectivity index (χ0v) is 17.1. The number of rotatable bonds is 2. The van der Waals surface area contributed by atoms with E-state index in [4.69, 9.17) is 5.73 Å². The molecule has 5 nitrogen and oxygen atoms in total. The number of piperidine rings is 1. The van der Waals surface area contributed by atoms with Crippen molar-refractivity contribution in [2.45, 2.75) is 70.5 Å². The maximum absolute atomic E-state index is 13.6. The SMILES string of the molecule is CC1(C)CN(C(=O)C2CC3CCCCC3N2C(=O)c2ccccc2)CCC1N. The first kappa shape index (κ1) is 19.4. The van der Waals surface area contributed by atoms with Crippen molar-refractivity contribution < 1.29 is 9.59 Å². The summed E-state index contributed by atoms with van der Waals surface area (Å²) in [5, 5.41) is 0. The Morgan fingerprint density at radius 2 is 1.79 bits per heavy atom. The number of fused-ring (bicyclic) bond motifs is 1.